The molecule has 13 heteroatoms. The van der Waals surface area contributed by atoms with E-state index < -0.39 is 39.8 Å². The molecule has 0 aliphatic carbocycles. The number of rotatable bonds is 7. The van der Waals surface area contributed by atoms with Crippen molar-refractivity contribution in [2.45, 2.75) is 49.8 Å². The Hall–Kier alpha value is -3.89. The van der Waals surface area contributed by atoms with Gasteiger partial charge in [0.05, 0.1) is 16.5 Å². The topological polar surface area (TPSA) is 116 Å². The van der Waals surface area contributed by atoms with E-state index in [1.54, 1.807) is 12.1 Å². The SMILES string of the molecule is CCc1cc(C#N)c(CNC(=O)C2CCCN2S(=O)(=O)c2ccc(F)cc2)cc1-c1cnc(C(F)(F)F)nc1. The van der Waals surface area contributed by atoms with Crippen molar-refractivity contribution in [3.63, 3.8) is 0 Å². The van der Waals surface area contributed by atoms with Crippen LogP contribution in [-0.2, 0) is 34.0 Å². The van der Waals surface area contributed by atoms with Crippen LogP contribution in [0.2, 0.25) is 0 Å². The third-order valence-electron chi connectivity index (χ3n) is 6.43. The number of nitrogens with zero attached hydrogens (tertiary/aromatic N) is 4. The Bertz CT molecular complexity index is 1520. The molecule has 1 saturated heterocycles. The first kappa shape index (κ1) is 28.1. The van der Waals surface area contributed by atoms with Gasteiger partial charge in [0.15, 0.2) is 0 Å². The third-order valence-corrected chi connectivity index (χ3v) is 8.35. The van der Waals surface area contributed by atoms with Crippen LogP contribution in [0, 0.1) is 17.1 Å². The number of halogens is 4. The number of carbonyl (C=O) groups excluding carboxylic acids is 1. The van der Waals surface area contributed by atoms with Gasteiger partial charge < -0.3 is 5.32 Å². The molecule has 1 aromatic heterocycles. The number of aryl methyl sites for hydroxylation is 1. The molecule has 1 N–H and O–H groups in total. The van der Waals surface area contributed by atoms with Crippen LogP contribution in [0.25, 0.3) is 11.1 Å². The zero-order valence-corrected chi connectivity index (χ0v) is 21.5. The highest BCUT2D eigenvalue weighted by molar-refractivity contribution is 7.89. The Morgan fingerprint density at radius 2 is 1.82 bits per heavy atom. The molecular formula is C26H23F4N5O3S. The number of nitriles is 1. The molecule has 1 aliphatic rings. The van der Waals surface area contributed by atoms with Crippen molar-refractivity contribution in [2.75, 3.05) is 6.54 Å². The van der Waals surface area contributed by atoms with Crippen molar-refractivity contribution in [3.8, 4) is 17.2 Å². The van der Waals surface area contributed by atoms with Crippen LogP contribution < -0.4 is 5.32 Å². The van der Waals surface area contributed by atoms with Crippen LogP contribution in [0.5, 0.6) is 0 Å². The summed E-state index contributed by atoms with van der Waals surface area (Å²) in [7, 11) is -4.05. The molecule has 1 amide bonds. The van der Waals surface area contributed by atoms with Gasteiger partial charge in [-0.3, -0.25) is 4.79 Å². The first-order chi connectivity index (χ1) is 18.5. The maximum absolute atomic E-state index is 13.3. The Labute approximate surface area is 222 Å². The predicted octanol–water partition coefficient (Wildman–Crippen LogP) is 4.21. The highest BCUT2D eigenvalue weighted by Gasteiger charge is 2.39. The highest BCUT2D eigenvalue weighted by Crippen LogP contribution is 2.31. The molecular weight excluding hydrogens is 538 g/mol. The molecule has 204 valence electrons. The minimum Gasteiger partial charge on any atom is -0.351 e. The Morgan fingerprint density at radius 1 is 1.15 bits per heavy atom. The molecule has 8 nitrogen and oxygen atoms in total. The average molecular weight is 562 g/mol. The molecule has 0 saturated carbocycles. The highest BCUT2D eigenvalue weighted by atomic mass is 32.2. The monoisotopic (exact) mass is 561 g/mol. The van der Waals surface area contributed by atoms with E-state index in [0.717, 1.165) is 41.0 Å². The Morgan fingerprint density at radius 3 is 2.41 bits per heavy atom. The van der Waals surface area contributed by atoms with Gasteiger partial charge in [-0.25, -0.2) is 22.8 Å². The average Bonchev–Trinajstić information content (AvgIpc) is 3.42. The second-order valence-electron chi connectivity index (χ2n) is 8.87. The molecule has 2 heterocycles. The van der Waals surface area contributed by atoms with E-state index in [4.69, 9.17) is 0 Å². The fourth-order valence-corrected chi connectivity index (χ4v) is 6.10. The fraction of sp³-hybridized carbons (Fsp3) is 0.308. The van der Waals surface area contributed by atoms with Gasteiger partial charge in [0, 0.05) is 31.0 Å². The minimum atomic E-state index is -4.69. The van der Waals surface area contributed by atoms with Crippen molar-refractivity contribution in [1.29, 1.82) is 5.26 Å². The number of alkyl halides is 3. The second kappa shape index (κ2) is 11.1. The van der Waals surface area contributed by atoms with Crippen LogP contribution in [0.3, 0.4) is 0 Å². The number of hydrogen-bond donors (Lipinski definition) is 1. The molecule has 39 heavy (non-hydrogen) atoms. The summed E-state index contributed by atoms with van der Waals surface area (Å²) in [5.41, 5.74) is 2.15. The van der Waals surface area contributed by atoms with Crippen LogP contribution in [-0.4, -0.2) is 41.2 Å². The molecule has 0 bridgehead atoms. The Kier molecular flexibility index (Phi) is 7.99. The van der Waals surface area contributed by atoms with Crippen molar-refractivity contribution in [2.24, 2.45) is 0 Å². The maximum atomic E-state index is 13.3. The molecule has 0 radical (unpaired) electrons. The summed E-state index contributed by atoms with van der Waals surface area (Å²) in [6.07, 6.45) is -1.39. The van der Waals surface area contributed by atoms with Gasteiger partial charge in [-0.2, -0.15) is 22.7 Å². The van der Waals surface area contributed by atoms with Gasteiger partial charge in [0.1, 0.15) is 11.9 Å². The summed E-state index contributed by atoms with van der Waals surface area (Å²) in [6, 6.07) is 8.58. The zero-order chi connectivity index (χ0) is 28.4. The predicted molar refractivity (Wildman–Crippen MR) is 132 cm³/mol. The van der Waals surface area contributed by atoms with E-state index >= 15 is 0 Å². The number of amides is 1. The molecule has 1 unspecified atom stereocenters. The van der Waals surface area contributed by atoms with Crippen molar-refractivity contribution in [1.82, 2.24) is 19.6 Å². The number of nitrogens with one attached hydrogen (secondary N) is 1. The molecule has 0 spiro atoms. The van der Waals surface area contributed by atoms with Gasteiger partial charge >= 0.3 is 6.18 Å². The van der Waals surface area contributed by atoms with E-state index in [1.807, 2.05) is 6.92 Å². The first-order valence-electron chi connectivity index (χ1n) is 12.0. The molecule has 1 atom stereocenters. The largest absolute Gasteiger partial charge is 0.451 e. The summed E-state index contributed by atoms with van der Waals surface area (Å²) in [4.78, 5) is 19.8. The van der Waals surface area contributed by atoms with Gasteiger partial charge in [-0.1, -0.05) is 6.92 Å². The maximum Gasteiger partial charge on any atom is 0.451 e. The van der Waals surface area contributed by atoms with E-state index in [0.29, 0.717) is 35.1 Å². The van der Waals surface area contributed by atoms with Gasteiger partial charge in [-0.05, 0) is 72.4 Å². The van der Waals surface area contributed by atoms with Gasteiger partial charge in [-0.15, -0.1) is 0 Å². The molecule has 1 fully saturated rings. The summed E-state index contributed by atoms with van der Waals surface area (Å²) in [5, 5.41) is 12.4. The van der Waals surface area contributed by atoms with Crippen LogP contribution in [0.15, 0.2) is 53.7 Å². The first-order valence-corrected chi connectivity index (χ1v) is 13.4. The second-order valence-corrected chi connectivity index (χ2v) is 10.8. The van der Waals surface area contributed by atoms with Crippen LogP contribution >= 0.6 is 0 Å². The summed E-state index contributed by atoms with van der Waals surface area (Å²) in [6.45, 7) is 1.81. The molecule has 1 aliphatic heterocycles. The number of aromatic nitrogens is 2. The normalized spacial score (nSPS) is 16.2. The molecule has 2 aromatic carbocycles. The van der Waals surface area contributed by atoms with Crippen LogP contribution in [0.4, 0.5) is 17.6 Å². The van der Waals surface area contributed by atoms with Crippen molar-refractivity contribution >= 4 is 15.9 Å². The number of benzene rings is 2. The lowest BCUT2D eigenvalue weighted by Crippen LogP contribution is -2.45. The molecule has 3 aromatic rings. The van der Waals surface area contributed by atoms with E-state index in [9.17, 15) is 36.0 Å². The zero-order valence-electron chi connectivity index (χ0n) is 20.7. The van der Waals surface area contributed by atoms with E-state index in [1.165, 1.54) is 0 Å². The summed E-state index contributed by atoms with van der Waals surface area (Å²) < 4.78 is 79.2. The van der Waals surface area contributed by atoms with Gasteiger partial charge in [0.2, 0.25) is 21.8 Å². The van der Waals surface area contributed by atoms with Crippen LogP contribution in [0.1, 0.15) is 42.3 Å². The summed E-state index contributed by atoms with van der Waals surface area (Å²) in [5.74, 6) is -2.43. The Balaban J connectivity index is 1.57. The quantitative estimate of drug-likeness (QED) is 0.432. The van der Waals surface area contributed by atoms with E-state index in [-0.39, 0.29) is 30.0 Å². The summed E-state index contributed by atoms with van der Waals surface area (Å²) >= 11 is 0. The fourth-order valence-electron chi connectivity index (χ4n) is 4.45. The third kappa shape index (κ3) is 5.91. The lowest BCUT2D eigenvalue weighted by Gasteiger charge is -2.23. The van der Waals surface area contributed by atoms with Gasteiger partial charge in [0.25, 0.3) is 0 Å². The number of sulfonamides is 1. The molecule has 4 rings (SSSR count). The van der Waals surface area contributed by atoms with Crippen molar-refractivity contribution in [3.05, 3.63) is 77.1 Å². The standard InChI is InChI=1S/C26H23F4N5O3S/c1-2-16-10-17(12-31)18(11-22(16)19-14-33-25(34-15-19)26(28,29)30)13-32-24(36)23-4-3-9-35(23)39(37,38)21-7-5-20(27)6-8-21/h5-8,10-11,14-15,23H,2-4,9,13H2,1H3,(H,32,36). The lowest BCUT2D eigenvalue weighted by atomic mass is 9.94. The number of carbonyl (C=O) groups is 1. The smallest absolute Gasteiger partial charge is 0.351 e. The van der Waals surface area contributed by atoms with E-state index in [2.05, 4.69) is 21.4 Å². The lowest BCUT2D eigenvalue weighted by molar-refractivity contribution is -0.145. The number of hydrogen-bond acceptors (Lipinski definition) is 6. The minimum absolute atomic E-state index is 0.116. The van der Waals surface area contributed by atoms with Crippen molar-refractivity contribution < 1.29 is 30.8 Å².